The number of furan rings is 1. The summed E-state index contributed by atoms with van der Waals surface area (Å²) in [5, 5.41) is 8.95. The van der Waals surface area contributed by atoms with Crippen molar-refractivity contribution in [1.82, 2.24) is 10.2 Å². The van der Waals surface area contributed by atoms with Crippen LogP contribution in [0.15, 0.2) is 34.9 Å². The SMILES string of the molecule is O=C(Nc1ccc(=S)[nH]n1)c1ccco1. The van der Waals surface area contributed by atoms with Crippen molar-refractivity contribution in [2.24, 2.45) is 0 Å². The lowest BCUT2D eigenvalue weighted by Gasteiger charge is -2.00. The predicted molar refractivity (Wildman–Crippen MR) is 56.1 cm³/mol. The summed E-state index contributed by atoms with van der Waals surface area (Å²) in [6.07, 6.45) is 1.43. The summed E-state index contributed by atoms with van der Waals surface area (Å²) in [5.74, 6) is 0.280. The van der Waals surface area contributed by atoms with Gasteiger partial charge in [0.15, 0.2) is 11.6 Å². The Labute approximate surface area is 90.1 Å². The van der Waals surface area contributed by atoms with Crippen molar-refractivity contribution in [3.8, 4) is 0 Å². The number of aromatic nitrogens is 2. The second-order valence-corrected chi connectivity index (χ2v) is 3.18. The third-order valence-electron chi connectivity index (χ3n) is 1.67. The summed E-state index contributed by atoms with van der Waals surface area (Å²) in [4.78, 5) is 11.5. The maximum Gasteiger partial charge on any atom is 0.292 e. The van der Waals surface area contributed by atoms with E-state index in [1.54, 1.807) is 24.3 Å². The molecular formula is C9H7N3O2S. The Bertz CT molecular complexity index is 498. The van der Waals surface area contributed by atoms with Crippen molar-refractivity contribution >= 4 is 23.9 Å². The van der Waals surface area contributed by atoms with E-state index in [0.717, 1.165) is 0 Å². The van der Waals surface area contributed by atoms with Crippen LogP contribution < -0.4 is 5.32 Å². The zero-order valence-electron chi connectivity index (χ0n) is 7.56. The van der Waals surface area contributed by atoms with Crippen LogP contribution in [-0.4, -0.2) is 16.1 Å². The Balaban J connectivity index is 2.13. The fourth-order valence-corrected chi connectivity index (χ4v) is 1.11. The molecule has 0 aliphatic carbocycles. The zero-order chi connectivity index (χ0) is 10.7. The van der Waals surface area contributed by atoms with E-state index in [-0.39, 0.29) is 11.7 Å². The van der Waals surface area contributed by atoms with Crippen LogP contribution in [0.2, 0.25) is 0 Å². The molecule has 0 atom stereocenters. The van der Waals surface area contributed by atoms with E-state index >= 15 is 0 Å². The number of aromatic amines is 1. The Morgan fingerprint density at radius 2 is 2.33 bits per heavy atom. The first-order valence-corrected chi connectivity index (χ1v) is 4.57. The number of nitrogens with one attached hydrogen (secondary N) is 2. The minimum absolute atomic E-state index is 0.235. The number of H-pyrrole nitrogens is 1. The van der Waals surface area contributed by atoms with Crippen LogP contribution in [0, 0.1) is 4.64 Å². The summed E-state index contributed by atoms with van der Waals surface area (Å²) < 4.78 is 5.43. The molecule has 0 fully saturated rings. The fourth-order valence-electron chi connectivity index (χ4n) is 1.000. The van der Waals surface area contributed by atoms with E-state index in [4.69, 9.17) is 16.6 Å². The third kappa shape index (κ3) is 2.29. The van der Waals surface area contributed by atoms with Crippen molar-refractivity contribution in [2.45, 2.75) is 0 Å². The predicted octanol–water partition coefficient (Wildman–Crippen LogP) is 1.98. The second-order valence-electron chi connectivity index (χ2n) is 2.74. The molecule has 0 aliphatic heterocycles. The highest BCUT2D eigenvalue weighted by Crippen LogP contribution is 2.05. The topological polar surface area (TPSA) is 70.9 Å². The van der Waals surface area contributed by atoms with Crippen LogP contribution in [0.4, 0.5) is 5.82 Å². The molecule has 0 unspecified atom stereocenters. The van der Waals surface area contributed by atoms with Gasteiger partial charge in [-0.1, -0.05) is 12.2 Å². The number of hydrogen-bond acceptors (Lipinski definition) is 4. The Kier molecular flexibility index (Phi) is 2.59. The van der Waals surface area contributed by atoms with E-state index in [0.29, 0.717) is 10.5 Å². The molecule has 5 nitrogen and oxygen atoms in total. The van der Waals surface area contributed by atoms with E-state index in [9.17, 15) is 4.79 Å². The number of hydrogen-bond donors (Lipinski definition) is 2. The minimum atomic E-state index is -0.349. The van der Waals surface area contributed by atoms with E-state index < -0.39 is 0 Å². The van der Waals surface area contributed by atoms with Crippen LogP contribution in [0.5, 0.6) is 0 Å². The maximum atomic E-state index is 11.5. The molecule has 2 aromatic heterocycles. The van der Waals surface area contributed by atoms with Gasteiger partial charge in [0.1, 0.15) is 4.64 Å². The van der Waals surface area contributed by atoms with Gasteiger partial charge in [-0.15, -0.1) is 0 Å². The number of amides is 1. The smallest absolute Gasteiger partial charge is 0.292 e. The molecule has 0 saturated heterocycles. The van der Waals surface area contributed by atoms with Gasteiger partial charge in [0.25, 0.3) is 5.91 Å². The molecule has 2 aromatic rings. The maximum absolute atomic E-state index is 11.5. The number of anilines is 1. The molecule has 0 aliphatic rings. The van der Waals surface area contributed by atoms with Gasteiger partial charge < -0.3 is 9.73 Å². The number of nitrogens with zero attached hydrogens (tertiary/aromatic N) is 1. The van der Waals surface area contributed by atoms with Crippen LogP contribution in [0.1, 0.15) is 10.6 Å². The fraction of sp³-hybridized carbons (Fsp3) is 0. The quantitative estimate of drug-likeness (QED) is 0.761. The Morgan fingerprint density at radius 3 is 2.93 bits per heavy atom. The van der Waals surface area contributed by atoms with Crippen LogP contribution in [0.25, 0.3) is 0 Å². The van der Waals surface area contributed by atoms with Crippen LogP contribution >= 0.6 is 12.2 Å². The Hall–Kier alpha value is -1.95. The van der Waals surface area contributed by atoms with Gasteiger partial charge in [0.05, 0.1) is 6.26 Å². The molecule has 0 saturated carbocycles. The average molecular weight is 221 g/mol. The van der Waals surface area contributed by atoms with Gasteiger partial charge in [-0.3, -0.25) is 9.89 Å². The van der Waals surface area contributed by atoms with E-state index in [1.165, 1.54) is 6.26 Å². The summed E-state index contributed by atoms with van der Waals surface area (Å²) in [6, 6.07) is 6.46. The average Bonchev–Trinajstić information content (AvgIpc) is 2.74. The largest absolute Gasteiger partial charge is 0.459 e. The number of carbonyl (C=O) groups excluding carboxylic acids is 1. The first-order chi connectivity index (χ1) is 7.25. The highest BCUT2D eigenvalue weighted by molar-refractivity contribution is 7.71. The molecule has 2 heterocycles. The molecule has 0 bridgehead atoms. The monoisotopic (exact) mass is 221 g/mol. The molecule has 2 N–H and O–H groups in total. The number of rotatable bonds is 2. The van der Waals surface area contributed by atoms with Gasteiger partial charge in [0.2, 0.25) is 0 Å². The molecule has 0 aromatic carbocycles. The molecule has 15 heavy (non-hydrogen) atoms. The third-order valence-corrected chi connectivity index (χ3v) is 1.89. The van der Waals surface area contributed by atoms with E-state index in [2.05, 4.69) is 15.5 Å². The van der Waals surface area contributed by atoms with Crippen molar-refractivity contribution in [3.05, 3.63) is 40.9 Å². The molecule has 6 heteroatoms. The van der Waals surface area contributed by atoms with Gasteiger partial charge in [-0.05, 0) is 24.3 Å². The molecule has 76 valence electrons. The minimum Gasteiger partial charge on any atom is -0.459 e. The van der Waals surface area contributed by atoms with Crippen molar-refractivity contribution in [2.75, 3.05) is 5.32 Å². The summed E-state index contributed by atoms with van der Waals surface area (Å²) in [6.45, 7) is 0. The van der Waals surface area contributed by atoms with Crippen LogP contribution in [-0.2, 0) is 0 Å². The lowest BCUT2D eigenvalue weighted by molar-refractivity contribution is 0.0996. The summed E-state index contributed by atoms with van der Waals surface area (Å²) >= 11 is 4.82. The lowest BCUT2D eigenvalue weighted by Crippen LogP contribution is -2.12. The first kappa shape index (κ1) is 9.60. The Morgan fingerprint density at radius 1 is 1.47 bits per heavy atom. The highest BCUT2D eigenvalue weighted by Gasteiger charge is 2.08. The van der Waals surface area contributed by atoms with Crippen molar-refractivity contribution in [1.29, 1.82) is 0 Å². The molecule has 0 radical (unpaired) electrons. The lowest BCUT2D eigenvalue weighted by atomic mass is 10.4. The normalized spacial score (nSPS) is 9.87. The molecule has 1 amide bonds. The first-order valence-electron chi connectivity index (χ1n) is 4.16. The van der Waals surface area contributed by atoms with Crippen LogP contribution in [0.3, 0.4) is 0 Å². The molecular weight excluding hydrogens is 214 g/mol. The molecule has 0 spiro atoms. The van der Waals surface area contributed by atoms with Crippen molar-refractivity contribution < 1.29 is 9.21 Å². The summed E-state index contributed by atoms with van der Waals surface area (Å²) in [5.41, 5.74) is 0. The van der Waals surface area contributed by atoms with Gasteiger partial charge in [-0.2, -0.15) is 5.10 Å². The highest BCUT2D eigenvalue weighted by atomic mass is 32.1. The second kappa shape index (κ2) is 4.05. The molecule has 2 rings (SSSR count). The standard InChI is InChI=1S/C9H7N3O2S/c13-9(6-2-1-5-14-6)10-7-3-4-8(15)12-11-7/h1-5H,(H,12,15)(H,10,11,13). The van der Waals surface area contributed by atoms with Gasteiger partial charge in [-0.25, -0.2) is 0 Å². The zero-order valence-corrected chi connectivity index (χ0v) is 8.38. The van der Waals surface area contributed by atoms with E-state index in [1.807, 2.05) is 0 Å². The van der Waals surface area contributed by atoms with Gasteiger partial charge in [0, 0.05) is 0 Å². The van der Waals surface area contributed by atoms with Crippen molar-refractivity contribution in [3.63, 3.8) is 0 Å². The van der Waals surface area contributed by atoms with Gasteiger partial charge >= 0.3 is 0 Å². The number of carbonyl (C=O) groups is 1. The summed E-state index contributed by atoms with van der Waals surface area (Å²) in [7, 11) is 0.